The summed E-state index contributed by atoms with van der Waals surface area (Å²) in [5.74, 6) is 0.0765. The molecule has 1 unspecified atom stereocenters. The van der Waals surface area contributed by atoms with E-state index in [2.05, 4.69) is 34.1 Å². The van der Waals surface area contributed by atoms with Gasteiger partial charge in [-0.2, -0.15) is 13.2 Å². The van der Waals surface area contributed by atoms with Crippen molar-refractivity contribution in [1.29, 1.82) is 0 Å². The van der Waals surface area contributed by atoms with Crippen LogP contribution in [-0.4, -0.2) is 36.0 Å². The Morgan fingerprint density at radius 1 is 1.21 bits per heavy atom. The third kappa shape index (κ3) is 3.72. The molecule has 3 N–H and O–H groups in total. The molecule has 1 atom stereocenters. The van der Waals surface area contributed by atoms with Crippen molar-refractivity contribution in [3.05, 3.63) is 71.9 Å². The summed E-state index contributed by atoms with van der Waals surface area (Å²) in [6.45, 7) is 12.4. The Hall–Kier alpha value is -3.46. The lowest BCUT2D eigenvalue weighted by Gasteiger charge is -2.36. The average molecular weight is 458 g/mol. The van der Waals surface area contributed by atoms with Gasteiger partial charge in [-0.25, -0.2) is 4.98 Å². The molecule has 9 heteroatoms. The first-order valence-electron chi connectivity index (χ1n) is 10.4. The van der Waals surface area contributed by atoms with Gasteiger partial charge in [0.25, 0.3) is 5.66 Å². The predicted octanol–water partition coefficient (Wildman–Crippen LogP) is 5.13. The maximum atomic E-state index is 14.8. The minimum Gasteiger partial charge on any atom is -0.383 e. The maximum Gasteiger partial charge on any atom is 0.436 e. The van der Waals surface area contributed by atoms with Crippen LogP contribution in [0.3, 0.4) is 0 Å². The second-order valence-electron chi connectivity index (χ2n) is 8.11. The van der Waals surface area contributed by atoms with Crippen LogP contribution in [0.2, 0.25) is 0 Å². The monoisotopic (exact) mass is 457 g/mol. The van der Waals surface area contributed by atoms with Crippen molar-refractivity contribution < 1.29 is 17.9 Å². The molecule has 0 aliphatic carbocycles. The summed E-state index contributed by atoms with van der Waals surface area (Å²) in [6.07, 6.45) is -4.74. The molecule has 0 amide bonds. The summed E-state index contributed by atoms with van der Waals surface area (Å²) in [5, 5.41) is 8.55. The number of hydrogen-bond donors (Lipinski definition) is 3. The Kier molecular flexibility index (Phi) is 5.61. The molecule has 0 saturated heterocycles. The van der Waals surface area contributed by atoms with Crippen molar-refractivity contribution in [3.8, 4) is 0 Å². The number of nitrogens with one attached hydrogen (secondary N) is 3. The van der Waals surface area contributed by atoms with Crippen LogP contribution in [0.4, 0.5) is 24.8 Å². The third-order valence-corrected chi connectivity index (χ3v) is 5.89. The SMILES string of the molecule is C=C(NC1(C(F)(F)F)C(=C)Nc2nc3cc(C)c(C)cc3n21)c1cccc(NCCOC)c1. The maximum absolute atomic E-state index is 14.8. The molecule has 1 aromatic heterocycles. The number of anilines is 2. The van der Waals surface area contributed by atoms with Gasteiger partial charge in [-0.3, -0.25) is 4.57 Å². The van der Waals surface area contributed by atoms with Crippen LogP contribution in [0.25, 0.3) is 16.7 Å². The highest BCUT2D eigenvalue weighted by molar-refractivity contribution is 5.83. The molecule has 33 heavy (non-hydrogen) atoms. The Bertz CT molecular complexity index is 1250. The van der Waals surface area contributed by atoms with Crippen LogP contribution in [0.15, 0.2) is 55.3 Å². The van der Waals surface area contributed by atoms with Crippen molar-refractivity contribution in [3.63, 3.8) is 0 Å². The Balaban J connectivity index is 1.78. The van der Waals surface area contributed by atoms with Crippen LogP contribution < -0.4 is 16.0 Å². The Morgan fingerprint density at radius 2 is 1.94 bits per heavy atom. The normalized spacial score (nSPS) is 17.7. The molecule has 3 aromatic rings. The smallest absolute Gasteiger partial charge is 0.383 e. The number of imidazole rings is 1. The van der Waals surface area contributed by atoms with Gasteiger partial charge < -0.3 is 20.7 Å². The molecule has 174 valence electrons. The first kappa shape index (κ1) is 22.7. The minimum atomic E-state index is -4.74. The zero-order valence-corrected chi connectivity index (χ0v) is 18.7. The quantitative estimate of drug-likeness (QED) is 0.430. The molecule has 0 bridgehead atoms. The second kappa shape index (κ2) is 8.15. The number of benzene rings is 2. The topological polar surface area (TPSA) is 63.1 Å². The first-order chi connectivity index (χ1) is 15.6. The Labute approximate surface area is 190 Å². The predicted molar refractivity (Wildman–Crippen MR) is 125 cm³/mol. The van der Waals surface area contributed by atoms with E-state index in [1.165, 1.54) is 0 Å². The number of aryl methyl sites for hydroxylation is 2. The largest absolute Gasteiger partial charge is 0.436 e. The van der Waals surface area contributed by atoms with Crippen molar-refractivity contribution in [2.75, 3.05) is 30.9 Å². The van der Waals surface area contributed by atoms with Gasteiger partial charge in [-0.1, -0.05) is 25.3 Å². The summed E-state index contributed by atoms with van der Waals surface area (Å²) >= 11 is 0. The molecule has 6 nitrogen and oxygen atoms in total. The summed E-state index contributed by atoms with van der Waals surface area (Å²) in [6, 6.07) is 10.5. The fourth-order valence-corrected chi connectivity index (χ4v) is 4.02. The fraction of sp³-hybridized carbons (Fsp3) is 0.292. The number of aromatic nitrogens is 2. The highest BCUT2D eigenvalue weighted by atomic mass is 19.4. The average Bonchev–Trinajstić information content (AvgIpc) is 3.22. The van der Waals surface area contributed by atoms with E-state index in [9.17, 15) is 13.2 Å². The van der Waals surface area contributed by atoms with Gasteiger partial charge >= 0.3 is 6.18 Å². The highest BCUT2D eigenvalue weighted by Crippen LogP contribution is 2.49. The molecule has 0 saturated carbocycles. The number of hydrogen-bond acceptors (Lipinski definition) is 5. The molecule has 1 aliphatic rings. The number of methoxy groups -OCH3 is 1. The van der Waals surface area contributed by atoms with E-state index in [-0.39, 0.29) is 17.3 Å². The number of rotatable bonds is 7. The van der Waals surface area contributed by atoms with Gasteiger partial charge in [0.15, 0.2) is 0 Å². The van der Waals surface area contributed by atoms with Gasteiger partial charge in [0.2, 0.25) is 5.95 Å². The molecule has 4 rings (SSSR count). The molecule has 2 aromatic carbocycles. The summed E-state index contributed by atoms with van der Waals surface area (Å²) in [4.78, 5) is 4.39. The van der Waals surface area contributed by atoms with Gasteiger partial charge in [0, 0.05) is 25.0 Å². The van der Waals surface area contributed by atoms with E-state index in [0.29, 0.717) is 29.7 Å². The standard InChI is InChI=1S/C24H26F3N5O/c1-14-11-20-21(12-15(14)2)32-22(30-20)29-17(4)23(32,24(25,26)27)31-16(3)18-7-6-8-19(13-18)28-9-10-33-5/h6-8,11-13,28,31H,3-4,9-10H2,1-2,5H3,(H,29,30). The zero-order chi connectivity index (χ0) is 24.0. The van der Waals surface area contributed by atoms with Crippen LogP contribution in [0.5, 0.6) is 0 Å². The Morgan fingerprint density at radius 3 is 2.64 bits per heavy atom. The lowest BCUT2D eigenvalue weighted by atomic mass is 10.0. The molecule has 0 fully saturated rings. The van der Waals surface area contributed by atoms with Crippen LogP contribution >= 0.6 is 0 Å². The van der Waals surface area contributed by atoms with Crippen molar-refractivity contribution in [1.82, 2.24) is 14.9 Å². The van der Waals surface area contributed by atoms with E-state index >= 15 is 0 Å². The van der Waals surface area contributed by atoms with Gasteiger partial charge in [-0.05, 0) is 54.8 Å². The first-order valence-corrected chi connectivity index (χ1v) is 10.4. The summed E-state index contributed by atoms with van der Waals surface area (Å²) < 4.78 is 50.6. The van der Waals surface area contributed by atoms with Crippen molar-refractivity contribution in [2.45, 2.75) is 25.7 Å². The number of alkyl halides is 3. The molecule has 2 heterocycles. The van der Waals surface area contributed by atoms with Gasteiger partial charge in [-0.15, -0.1) is 0 Å². The van der Waals surface area contributed by atoms with Crippen LogP contribution in [-0.2, 0) is 10.4 Å². The van der Waals surface area contributed by atoms with Crippen LogP contribution in [0.1, 0.15) is 16.7 Å². The van der Waals surface area contributed by atoms with E-state index in [1.807, 2.05) is 19.9 Å². The molecular formula is C24H26F3N5O. The molecule has 0 radical (unpaired) electrons. The van der Waals surface area contributed by atoms with E-state index in [4.69, 9.17) is 4.74 Å². The number of halogens is 3. The second-order valence-corrected chi connectivity index (χ2v) is 8.11. The van der Waals surface area contributed by atoms with E-state index in [0.717, 1.165) is 21.4 Å². The number of nitrogens with zero attached hydrogens (tertiary/aromatic N) is 2. The lowest BCUT2D eigenvalue weighted by Crippen LogP contribution is -2.56. The summed E-state index contributed by atoms with van der Waals surface area (Å²) in [5.41, 5.74) is 1.08. The zero-order valence-electron chi connectivity index (χ0n) is 18.7. The van der Waals surface area contributed by atoms with Crippen LogP contribution in [0, 0.1) is 13.8 Å². The lowest BCUT2D eigenvalue weighted by molar-refractivity contribution is -0.203. The van der Waals surface area contributed by atoms with Crippen molar-refractivity contribution >= 4 is 28.4 Å². The van der Waals surface area contributed by atoms with Gasteiger partial charge in [0.05, 0.1) is 23.3 Å². The third-order valence-electron chi connectivity index (χ3n) is 5.89. The minimum absolute atomic E-state index is 0.0765. The van der Waals surface area contributed by atoms with Gasteiger partial charge in [0.1, 0.15) is 0 Å². The van der Waals surface area contributed by atoms with E-state index in [1.54, 1.807) is 37.4 Å². The van der Waals surface area contributed by atoms with E-state index < -0.39 is 11.8 Å². The highest BCUT2D eigenvalue weighted by Gasteiger charge is 2.63. The number of ether oxygens (including phenoxy) is 1. The number of fused-ring (bicyclic) bond motifs is 3. The fourth-order valence-electron chi connectivity index (χ4n) is 4.02. The molecule has 1 aliphatic heterocycles. The molecular weight excluding hydrogens is 431 g/mol. The van der Waals surface area contributed by atoms with Crippen molar-refractivity contribution in [2.24, 2.45) is 0 Å². The summed E-state index contributed by atoms with van der Waals surface area (Å²) in [7, 11) is 1.60. The molecule has 0 spiro atoms.